The van der Waals surface area contributed by atoms with Gasteiger partial charge in [0.15, 0.2) is 0 Å². The molecule has 0 amide bonds. The topological polar surface area (TPSA) is 29.5 Å². The second-order valence-corrected chi connectivity index (χ2v) is 11.9. The van der Waals surface area contributed by atoms with Crippen LogP contribution in [-0.2, 0) is 4.43 Å². The molecule has 25 heavy (non-hydrogen) atoms. The lowest BCUT2D eigenvalue weighted by Crippen LogP contribution is -2.67. The van der Waals surface area contributed by atoms with Gasteiger partial charge in [-0.1, -0.05) is 87.5 Å². The average molecular weight is 355 g/mol. The first-order chi connectivity index (χ1) is 11.8. The second-order valence-electron chi connectivity index (χ2n) is 7.66. The third kappa shape index (κ3) is 4.29. The molecule has 0 aliphatic carbocycles. The van der Waals surface area contributed by atoms with Gasteiger partial charge in [0.25, 0.3) is 8.32 Å². The quantitative estimate of drug-likeness (QED) is 0.630. The first-order valence-electron chi connectivity index (χ1n) is 8.88. The number of hydrogen-bond donors (Lipinski definition) is 1. The molecule has 2 rings (SSSR count). The number of hydrogen-bond acceptors (Lipinski definition) is 2. The highest BCUT2D eigenvalue weighted by molar-refractivity contribution is 6.99. The van der Waals surface area contributed by atoms with Gasteiger partial charge in [-0.2, -0.15) is 0 Å². The third-order valence-electron chi connectivity index (χ3n) is 4.55. The van der Waals surface area contributed by atoms with Gasteiger partial charge in [-0.25, -0.2) is 0 Å². The summed E-state index contributed by atoms with van der Waals surface area (Å²) in [6, 6.07) is 21.2. The molecule has 0 bridgehead atoms. The summed E-state index contributed by atoms with van der Waals surface area (Å²) >= 11 is 0. The third-order valence-corrected chi connectivity index (χ3v) is 9.68. The maximum Gasteiger partial charge on any atom is 0.261 e. The molecule has 2 aromatic rings. The van der Waals surface area contributed by atoms with Gasteiger partial charge in [0, 0.05) is 0 Å². The Morgan fingerprint density at radius 2 is 1.44 bits per heavy atom. The molecular weight excluding hydrogens is 324 g/mol. The molecule has 0 aliphatic rings. The summed E-state index contributed by atoms with van der Waals surface area (Å²) < 4.78 is 6.90. The number of aliphatic hydroxyl groups is 1. The van der Waals surface area contributed by atoms with Crippen molar-refractivity contribution in [2.45, 2.75) is 45.8 Å². The Hall–Kier alpha value is -1.68. The maximum atomic E-state index is 9.36. The highest BCUT2D eigenvalue weighted by atomic mass is 28.4. The van der Waals surface area contributed by atoms with Gasteiger partial charge in [0.05, 0.1) is 12.7 Å². The first-order valence-corrected chi connectivity index (χ1v) is 10.8. The average Bonchev–Trinajstić information content (AvgIpc) is 2.60. The zero-order valence-corrected chi connectivity index (χ0v) is 17.0. The highest BCUT2D eigenvalue weighted by Gasteiger charge is 2.50. The standard InChI is InChI=1S/C22H30O2Si/c1-18(17-23)16-19(2)24-25(22(3,4)5,20-12-8-6-9-13-20)21-14-10-7-11-15-21/h6-16,19,23H,17H2,1-5H3/b18-16+/t19-/m0/s1. The van der Waals surface area contributed by atoms with Crippen LogP contribution in [0.4, 0.5) is 0 Å². The Balaban J connectivity index is 2.65. The van der Waals surface area contributed by atoms with Gasteiger partial charge in [-0.15, -0.1) is 0 Å². The van der Waals surface area contributed by atoms with E-state index in [1.807, 2.05) is 13.0 Å². The van der Waals surface area contributed by atoms with Crippen LogP contribution < -0.4 is 10.4 Å². The fraction of sp³-hybridized carbons (Fsp3) is 0.364. The van der Waals surface area contributed by atoms with Crippen molar-refractivity contribution in [3.8, 4) is 0 Å². The minimum atomic E-state index is -2.52. The summed E-state index contributed by atoms with van der Waals surface area (Å²) in [4.78, 5) is 0. The molecule has 0 aliphatic heterocycles. The van der Waals surface area contributed by atoms with Crippen molar-refractivity contribution in [1.82, 2.24) is 0 Å². The molecule has 0 radical (unpaired) electrons. The van der Waals surface area contributed by atoms with E-state index in [1.165, 1.54) is 10.4 Å². The molecule has 0 saturated heterocycles. The molecule has 0 fully saturated rings. The van der Waals surface area contributed by atoms with Gasteiger partial charge in [0.2, 0.25) is 0 Å². The molecule has 0 unspecified atom stereocenters. The fourth-order valence-corrected chi connectivity index (χ4v) is 8.10. The Morgan fingerprint density at radius 3 is 1.80 bits per heavy atom. The van der Waals surface area contributed by atoms with E-state index in [9.17, 15) is 5.11 Å². The van der Waals surface area contributed by atoms with Crippen LogP contribution in [0, 0.1) is 0 Å². The Labute approximate surface area is 153 Å². The van der Waals surface area contributed by atoms with Crippen LogP contribution in [0.3, 0.4) is 0 Å². The van der Waals surface area contributed by atoms with Crippen LogP contribution >= 0.6 is 0 Å². The summed E-state index contributed by atoms with van der Waals surface area (Å²) in [6.45, 7) is 10.9. The summed E-state index contributed by atoms with van der Waals surface area (Å²) in [5.74, 6) is 0. The van der Waals surface area contributed by atoms with Crippen molar-refractivity contribution >= 4 is 18.7 Å². The molecule has 2 aromatic carbocycles. The van der Waals surface area contributed by atoms with E-state index in [-0.39, 0.29) is 17.7 Å². The predicted molar refractivity (Wildman–Crippen MR) is 109 cm³/mol. The van der Waals surface area contributed by atoms with Crippen molar-refractivity contribution in [2.24, 2.45) is 0 Å². The lowest BCUT2D eigenvalue weighted by Gasteiger charge is -2.44. The van der Waals surface area contributed by atoms with Gasteiger partial charge in [-0.05, 0) is 34.8 Å². The number of benzene rings is 2. The van der Waals surface area contributed by atoms with Crippen LogP contribution in [0.25, 0.3) is 0 Å². The van der Waals surface area contributed by atoms with E-state index in [4.69, 9.17) is 4.43 Å². The van der Waals surface area contributed by atoms with Crippen LogP contribution in [0.2, 0.25) is 5.04 Å². The Morgan fingerprint density at radius 1 is 1.00 bits per heavy atom. The van der Waals surface area contributed by atoms with Crippen LogP contribution in [0.1, 0.15) is 34.6 Å². The highest BCUT2D eigenvalue weighted by Crippen LogP contribution is 2.37. The predicted octanol–water partition coefficient (Wildman–Crippen LogP) is 3.89. The number of aliphatic hydroxyl groups excluding tert-OH is 1. The monoisotopic (exact) mass is 354 g/mol. The lowest BCUT2D eigenvalue weighted by atomic mass is 10.2. The summed E-state index contributed by atoms with van der Waals surface area (Å²) in [5.41, 5.74) is 0.936. The molecule has 0 spiro atoms. The van der Waals surface area contributed by atoms with Crippen molar-refractivity contribution in [3.05, 3.63) is 72.3 Å². The zero-order valence-electron chi connectivity index (χ0n) is 16.0. The van der Waals surface area contributed by atoms with Crippen molar-refractivity contribution in [1.29, 1.82) is 0 Å². The molecule has 1 atom stereocenters. The molecule has 1 N–H and O–H groups in total. The smallest absolute Gasteiger partial charge is 0.261 e. The lowest BCUT2D eigenvalue weighted by molar-refractivity contribution is 0.248. The van der Waals surface area contributed by atoms with E-state index in [0.29, 0.717) is 0 Å². The van der Waals surface area contributed by atoms with Gasteiger partial charge in [0.1, 0.15) is 0 Å². The molecule has 0 aromatic heterocycles. The SMILES string of the molecule is C/C(=C\[C@H](C)O[Si](c1ccccc1)(c1ccccc1)C(C)(C)C)CO. The van der Waals surface area contributed by atoms with Crippen molar-refractivity contribution in [2.75, 3.05) is 6.61 Å². The Kier molecular flexibility index (Phi) is 6.39. The van der Waals surface area contributed by atoms with Crippen LogP contribution in [0.5, 0.6) is 0 Å². The van der Waals surface area contributed by atoms with Gasteiger partial charge < -0.3 is 9.53 Å². The van der Waals surface area contributed by atoms with E-state index >= 15 is 0 Å². The first kappa shape index (κ1) is 19.6. The molecule has 0 heterocycles. The summed E-state index contributed by atoms with van der Waals surface area (Å²) in [5, 5.41) is 11.9. The van der Waals surface area contributed by atoms with E-state index in [0.717, 1.165) is 5.57 Å². The van der Waals surface area contributed by atoms with Crippen molar-refractivity contribution in [3.63, 3.8) is 0 Å². The molecule has 0 saturated carbocycles. The van der Waals surface area contributed by atoms with Crippen LogP contribution in [0.15, 0.2) is 72.3 Å². The summed E-state index contributed by atoms with van der Waals surface area (Å²) in [7, 11) is -2.52. The summed E-state index contributed by atoms with van der Waals surface area (Å²) in [6.07, 6.45) is 1.96. The Bertz CT molecular complexity index is 647. The fourth-order valence-electron chi connectivity index (χ4n) is 3.46. The second kappa shape index (κ2) is 8.13. The molecule has 2 nitrogen and oxygen atoms in total. The largest absolute Gasteiger partial charge is 0.401 e. The van der Waals surface area contributed by atoms with Gasteiger partial charge >= 0.3 is 0 Å². The van der Waals surface area contributed by atoms with E-state index in [2.05, 4.69) is 88.4 Å². The minimum Gasteiger partial charge on any atom is -0.401 e. The number of rotatable bonds is 6. The minimum absolute atomic E-state index is 0.0368. The molecule has 3 heteroatoms. The maximum absolute atomic E-state index is 9.36. The van der Waals surface area contributed by atoms with E-state index in [1.54, 1.807) is 0 Å². The molecular formula is C22H30O2Si. The normalized spacial score (nSPS) is 14.4. The van der Waals surface area contributed by atoms with Crippen molar-refractivity contribution < 1.29 is 9.53 Å². The molecule has 134 valence electrons. The van der Waals surface area contributed by atoms with Crippen LogP contribution in [-0.4, -0.2) is 26.1 Å². The van der Waals surface area contributed by atoms with E-state index < -0.39 is 8.32 Å². The van der Waals surface area contributed by atoms with Gasteiger partial charge in [-0.3, -0.25) is 0 Å². The zero-order chi connectivity index (χ0) is 18.5.